The van der Waals surface area contributed by atoms with Crippen LogP contribution in [0.1, 0.15) is 52.7 Å². The Bertz CT molecular complexity index is 1530. The third-order valence-corrected chi connectivity index (χ3v) is 9.93. The molecular formula is C29H35N3O5S2. The highest BCUT2D eigenvalue weighted by molar-refractivity contribution is 7.92. The van der Waals surface area contributed by atoms with Gasteiger partial charge in [-0.25, -0.2) is 16.8 Å². The third-order valence-electron chi connectivity index (χ3n) is 6.89. The number of amides is 1. The molecule has 1 fully saturated rings. The molecule has 10 heteroatoms. The average molecular weight is 570 g/mol. The Kier molecular flexibility index (Phi) is 8.78. The van der Waals surface area contributed by atoms with E-state index in [2.05, 4.69) is 5.32 Å². The van der Waals surface area contributed by atoms with E-state index in [-0.39, 0.29) is 17.3 Å². The fourth-order valence-electron chi connectivity index (χ4n) is 4.64. The highest BCUT2D eigenvalue weighted by Crippen LogP contribution is 2.26. The average Bonchev–Trinajstić information content (AvgIpc) is 3.19. The Hall–Kier alpha value is -3.21. The molecule has 0 bridgehead atoms. The van der Waals surface area contributed by atoms with E-state index in [4.69, 9.17) is 0 Å². The van der Waals surface area contributed by atoms with Gasteiger partial charge in [-0.1, -0.05) is 37.1 Å². The summed E-state index contributed by atoms with van der Waals surface area (Å²) in [4.78, 5) is 13.0. The lowest BCUT2D eigenvalue weighted by molar-refractivity contribution is 0.102. The van der Waals surface area contributed by atoms with Gasteiger partial charge in [0.15, 0.2) is 0 Å². The maximum absolute atomic E-state index is 13.0. The van der Waals surface area contributed by atoms with Crippen molar-refractivity contribution in [1.29, 1.82) is 0 Å². The maximum Gasteiger partial charge on any atom is 0.255 e. The lowest BCUT2D eigenvalue weighted by Gasteiger charge is -2.25. The SMILES string of the molecule is Cc1ccc(C)c(N(Cc2ccc(C(=O)Nc3ccc(S(=O)(=O)N4CCCCCC4)cc3)cc2)S(C)(=O)=O)c1. The first-order valence-corrected chi connectivity index (χ1v) is 16.3. The predicted molar refractivity (Wildman–Crippen MR) is 155 cm³/mol. The van der Waals surface area contributed by atoms with Crippen LogP contribution in [0.3, 0.4) is 0 Å². The maximum atomic E-state index is 13.0. The molecule has 0 aliphatic carbocycles. The normalized spacial score (nSPS) is 14.9. The van der Waals surface area contributed by atoms with E-state index >= 15 is 0 Å². The van der Waals surface area contributed by atoms with Gasteiger partial charge in [0.05, 0.1) is 23.4 Å². The molecule has 1 N–H and O–H groups in total. The summed E-state index contributed by atoms with van der Waals surface area (Å²) in [6.45, 7) is 4.99. The second-order valence-electron chi connectivity index (χ2n) is 10.1. The summed E-state index contributed by atoms with van der Waals surface area (Å²) in [6, 6.07) is 18.7. The molecule has 1 aliphatic rings. The van der Waals surface area contributed by atoms with Gasteiger partial charge in [0.1, 0.15) is 0 Å². The number of rotatable bonds is 8. The van der Waals surface area contributed by atoms with Crippen molar-refractivity contribution in [1.82, 2.24) is 4.31 Å². The second kappa shape index (κ2) is 11.9. The summed E-state index contributed by atoms with van der Waals surface area (Å²) in [5.41, 5.74) is 4.06. The van der Waals surface area contributed by atoms with Gasteiger partial charge in [0.25, 0.3) is 5.91 Å². The van der Waals surface area contributed by atoms with Crippen molar-refractivity contribution < 1.29 is 21.6 Å². The van der Waals surface area contributed by atoms with E-state index in [1.54, 1.807) is 40.7 Å². The lowest BCUT2D eigenvalue weighted by atomic mass is 10.1. The molecule has 1 saturated heterocycles. The van der Waals surface area contributed by atoms with Gasteiger partial charge in [-0.2, -0.15) is 4.31 Å². The molecule has 0 spiro atoms. The molecule has 8 nitrogen and oxygen atoms in total. The number of carbonyl (C=O) groups is 1. The summed E-state index contributed by atoms with van der Waals surface area (Å²) >= 11 is 0. The largest absolute Gasteiger partial charge is 0.322 e. The van der Waals surface area contributed by atoms with Crippen molar-refractivity contribution in [2.45, 2.75) is 51.0 Å². The number of nitrogens with zero attached hydrogens (tertiary/aromatic N) is 2. The molecule has 0 unspecified atom stereocenters. The Labute approximate surface area is 231 Å². The number of hydrogen-bond donors (Lipinski definition) is 1. The molecule has 1 aliphatic heterocycles. The molecular weight excluding hydrogens is 534 g/mol. The minimum absolute atomic E-state index is 0.137. The number of carbonyl (C=O) groups excluding carboxylic acids is 1. The highest BCUT2D eigenvalue weighted by Gasteiger charge is 2.25. The number of anilines is 2. The van der Waals surface area contributed by atoms with Gasteiger partial charge in [-0.05, 0) is 85.8 Å². The standard InChI is InChI=1S/C29H35N3O5S2/c1-22-8-9-23(2)28(20-22)32(38(3,34)35)21-24-10-12-25(13-11-24)29(33)30-26-14-16-27(17-15-26)39(36,37)31-18-6-4-5-7-19-31/h8-17,20H,4-7,18-19,21H2,1-3H3,(H,30,33). The minimum atomic E-state index is -3.56. The molecule has 39 heavy (non-hydrogen) atoms. The quantitative estimate of drug-likeness (QED) is 0.407. The monoisotopic (exact) mass is 569 g/mol. The molecule has 1 amide bonds. The number of hydrogen-bond acceptors (Lipinski definition) is 5. The Morgan fingerprint density at radius 2 is 1.46 bits per heavy atom. The fourth-order valence-corrected chi connectivity index (χ4v) is 7.10. The minimum Gasteiger partial charge on any atom is -0.322 e. The van der Waals surface area contributed by atoms with Crippen molar-refractivity contribution in [3.63, 3.8) is 0 Å². The van der Waals surface area contributed by atoms with Crippen LogP contribution in [0.4, 0.5) is 11.4 Å². The van der Waals surface area contributed by atoms with E-state index in [9.17, 15) is 21.6 Å². The van der Waals surface area contributed by atoms with Crippen LogP contribution in [0.5, 0.6) is 0 Å². The van der Waals surface area contributed by atoms with Gasteiger partial charge in [0.2, 0.25) is 20.0 Å². The van der Waals surface area contributed by atoms with Gasteiger partial charge >= 0.3 is 0 Å². The Morgan fingerprint density at radius 1 is 0.846 bits per heavy atom. The summed E-state index contributed by atoms with van der Waals surface area (Å²) < 4.78 is 54.1. The van der Waals surface area contributed by atoms with Gasteiger partial charge in [-0.15, -0.1) is 0 Å². The summed E-state index contributed by atoms with van der Waals surface area (Å²) in [6.07, 6.45) is 5.00. The van der Waals surface area contributed by atoms with Crippen LogP contribution in [0.25, 0.3) is 0 Å². The summed E-state index contributed by atoms with van der Waals surface area (Å²) in [5, 5.41) is 2.80. The molecule has 0 aromatic heterocycles. The number of aryl methyl sites for hydroxylation is 2. The van der Waals surface area contributed by atoms with Gasteiger partial charge in [-0.3, -0.25) is 9.10 Å². The van der Waals surface area contributed by atoms with Crippen LogP contribution in [0, 0.1) is 13.8 Å². The van der Waals surface area contributed by atoms with Crippen molar-refractivity contribution in [3.8, 4) is 0 Å². The van der Waals surface area contributed by atoms with E-state index in [0.717, 1.165) is 42.4 Å². The van der Waals surface area contributed by atoms with Crippen LogP contribution < -0.4 is 9.62 Å². The summed E-state index contributed by atoms with van der Waals surface area (Å²) in [5.74, 6) is -0.348. The molecule has 0 radical (unpaired) electrons. The molecule has 0 saturated carbocycles. The number of benzene rings is 3. The van der Waals surface area contributed by atoms with Crippen molar-refractivity contribution >= 4 is 37.3 Å². The smallest absolute Gasteiger partial charge is 0.255 e. The number of sulfonamides is 2. The number of nitrogens with one attached hydrogen (secondary N) is 1. The zero-order chi connectivity index (χ0) is 28.2. The topological polar surface area (TPSA) is 104 Å². The third kappa shape index (κ3) is 7.06. The first-order chi connectivity index (χ1) is 18.4. The van der Waals surface area contributed by atoms with Gasteiger partial charge < -0.3 is 5.32 Å². The van der Waals surface area contributed by atoms with Crippen molar-refractivity contribution in [3.05, 3.63) is 89.0 Å². The Morgan fingerprint density at radius 3 is 2.05 bits per heavy atom. The van der Waals surface area contributed by atoms with E-state index < -0.39 is 20.0 Å². The Balaban J connectivity index is 1.44. The van der Waals surface area contributed by atoms with E-state index in [1.165, 1.54) is 22.7 Å². The van der Waals surface area contributed by atoms with E-state index in [0.29, 0.717) is 30.0 Å². The first-order valence-electron chi connectivity index (χ1n) is 13.0. The van der Waals surface area contributed by atoms with Crippen LogP contribution in [0.15, 0.2) is 71.6 Å². The molecule has 3 aromatic carbocycles. The van der Waals surface area contributed by atoms with Crippen LogP contribution in [-0.4, -0.2) is 46.4 Å². The van der Waals surface area contributed by atoms with Crippen LogP contribution in [0.2, 0.25) is 0 Å². The molecule has 0 atom stereocenters. The van der Waals surface area contributed by atoms with Crippen molar-refractivity contribution in [2.24, 2.45) is 0 Å². The van der Waals surface area contributed by atoms with Crippen LogP contribution in [-0.2, 0) is 26.6 Å². The predicted octanol–water partition coefficient (Wildman–Crippen LogP) is 5.09. The van der Waals surface area contributed by atoms with Crippen molar-refractivity contribution in [2.75, 3.05) is 29.0 Å². The zero-order valence-corrected chi connectivity index (χ0v) is 24.2. The second-order valence-corrected chi connectivity index (χ2v) is 13.9. The van der Waals surface area contributed by atoms with Crippen LogP contribution >= 0.6 is 0 Å². The molecule has 4 rings (SSSR count). The van der Waals surface area contributed by atoms with Gasteiger partial charge in [0, 0.05) is 24.3 Å². The zero-order valence-electron chi connectivity index (χ0n) is 22.6. The molecule has 3 aromatic rings. The van der Waals surface area contributed by atoms with E-state index in [1.807, 2.05) is 32.0 Å². The first kappa shape index (κ1) is 28.8. The lowest BCUT2D eigenvalue weighted by Crippen LogP contribution is -2.31. The fraction of sp³-hybridized carbons (Fsp3) is 0.345. The molecule has 208 valence electrons. The summed E-state index contributed by atoms with van der Waals surface area (Å²) in [7, 11) is -7.10. The molecule has 1 heterocycles. The highest BCUT2D eigenvalue weighted by atomic mass is 32.2.